The van der Waals surface area contributed by atoms with Crippen molar-refractivity contribution < 1.29 is 19.4 Å². The van der Waals surface area contributed by atoms with Crippen LogP contribution in [0.4, 0.5) is 0 Å². The van der Waals surface area contributed by atoms with E-state index in [9.17, 15) is 9.59 Å². The average molecular weight is 277 g/mol. The van der Waals surface area contributed by atoms with Crippen molar-refractivity contribution in [1.82, 2.24) is 4.90 Å². The molecule has 0 bridgehead atoms. The van der Waals surface area contributed by atoms with Gasteiger partial charge in [-0.2, -0.15) is 0 Å². The molecular weight excluding hydrogens is 258 g/mol. The molecule has 1 amide bonds. The first-order chi connectivity index (χ1) is 9.47. The van der Waals surface area contributed by atoms with E-state index in [1.165, 1.54) is 4.90 Å². The van der Waals surface area contributed by atoms with Crippen LogP contribution in [0, 0.1) is 13.8 Å². The first-order valence-electron chi connectivity index (χ1n) is 6.71. The van der Waals surface area contributed by atoms with Crippen molar-refractivity contribution in [3.8, 4) is 5.75 Å². The van der Waals surface area contributed by atoms with E-state index in [2.05, 4.69) is 0 Å². The summed E-state index contributed by atoms with van der Waals surface area (Å²) in [6.45, 7) is 4.30. The topological polar surface area (TPSA) is 66.8 Å². The number of hydrogen-bond acceptors (Lipinski definition) is 3. The van der Waals surface area contributed by atoms with Gasteiger partial charge >= 0.3 is 5.97 Å². The number of ether oxygens (including phenoxy) is 1. The van der Waals surface area contributed by atoms with Crippen LogP contribution in [0.3, 0.4) is 0 Å². The molecule has 1 aliphatic rings. The lowest BCUT2D eigenvalue weighted by Crippen LogP contribution is -2.42. The van der Waals surface area contributed by atoms with Gasteiger partial charge in [-0.25, -0.2) is 4.79 Å². The molecule has 2 rings (SSSR count). The van der Waals surface area contributed by atoms with Crippen LogP contribution in [0.25, 0.3) is 0 Å². The molecule has 1 aliphatic heterocycles. The third-order valence-electron chi connectivity index (χ3n) is 3.42. The molecular formula is C15H19NO4. The number of hydrogen-bond donors (Lipinski definition) is 1. The molecule has 0 radical (unpaired) electrons. The Labute approximate surface area is 118 Å². The van der Waals surface area contributed by atoms with E-state index in [1.54, 1.807) is 0 Å². The Morgan fingerprint density at radius 2 is 1.95 bits per heavy atom. The van der Waals surface area contributed by atoms with Gasteiger partial charge in [-0.1, -0.05) is 6.07 Å². The summed E-state index contributed by atoms with van der Waals surface area (Å²) in [7, 11) is 0. The summed E-state index contributed by atoms with van der Waals surface area (Å²) in [5.74, 6) is -0.571. The van der Waals surface area contributed by atoms with Crippen LogP contribution >= 0.6 is 0 Å². The Morgan fingerprint density at radius 1 is 1.30 bits per heavy atom. The summed E-state index contributed by atoms with van der Waals surface area (Å²) in [5.41, 5.74) is 2.13. The number of carboxylic acids is 1. The number of nitrogens with zero attached hydrogens (tertiary/aromatic N) is 1. The SMILES string of the molecule is Cc1cc(C)cc(OCC(=O)N2CCC[C@@H]2C(=O)O)c1. The lowest BCUT2D eigenvalue weighted by molar-refractivity contribution is -0.148. The van der Waals surface area contributed by atoms with Crippen molar-refractivity contribution in [3.05, 3.63) is 29.3 Å². The zero-order valence-electron chi connectivity index (χ0n) is 11.8. The molecule has 0 saturated carbocycles. The maximum Gasteiger partial charge on any atom is 0.326 e. The summed E-state index contributed by atoms with van der Waals surface area (Å²) >= 11 is 0. The van der Waals surface area contributed by atoms with Crippen LogP contribution in [-0.2, 0) is 9.59 Å². The summed E-state index contributed by atoms with van der Waals surface area (Å²) in [5, 5.41) is 9.06. The number of carboxylic acid groups (broad SMARTS) is 1. The predicted octanol–water partition coefficient (Wildman–Crippen LogP) is 1.76. The van der Waals surface area contributed by atoms with Crippen LogP contribution in [0.1, 0.15) is 24.0 Å². The molecule has 1 aromatic rings. The minimum absolute atomic E-state index is 0.118. The van der Waals surface area contributed by atoms with Gasteiger partial charge in [-0.05, 0) is 49.9 Å². The number of benzene rings is 1. The van der Waals surface area contributed by atoms with Crippen molar-refractivity contribution >= 4 is 11.9 Å². The van der Waals surface area contributed by atoms with Gasteiger partial charge in [0, 0.05) is 6.54 Å². The molecule has 1 atom stereocenters. The lowest BCUT2D eigenvalue weighted by Gasteiger charge is -2.21. The number of aliphatic carboxylic acids is 1. The molecule has 1 fully saturated rings. The van der Waals surface area contributed by atoms with Crippen molar-refractivity contribution in [3.63, 3.8) is 0 Å². The molecule has 5 heteroatoms. The average Bonchev–Trinajstić information content (AvgIpc) is 2.84. The van der Waals surface area contributed by atoms with Crippen LogP contribution in [-0.4, -0.2) is 41.1 Å². The molecule has 1 heterocycles. The van der Waals surface area contributed by atoms with E-state index in [0.717, 1.165) is 17.5 Å². The van der Waals surface area contributed by atoms with E-state index < -0.39 is 12.0 Å². The number of rotatable bonds is 4. The molecule has 5 nitrogen and oxygen atoms in total. The summed E-state index contributed by atoms with van der Waals surface area (Å²) in [6.07, 6.45) is 1.25. The molecule has 0 aliphatic carbocycles. The second-order valence-corrected chi connectivity index (χ2v) is 5.20. The van der Waals surface area contributed by atoms with Crippen LogP contribution in [0.15, 0.2) is 18.2 Å². The quantitative estimate of drug-likeness (QED) is 0.910. The predicted molar refractivity (Wildman–Crippen MR) is 73.8 cm³/mol. The number of carbonyl (C=O) groups is 2. The third-order valence-corrected chi connectivity index (χ3v) is 3.42. The van der Waals surface area contributed by atoms with Crippen LogP contribution < -0.4 is 4.74 Å². The van der Waals surface area contributed by atoms with E-state index in [0.29, 0.717) is 18.7 Å². The fourth-order valence-corrected chi connectivity index (χ4v) is 2.57. The highest BCUT2D eigenvalue weighted by molar-refractivity contribution is 5.85. The number of amides is 1. The normalized spacial score (nSPS) is 18.1. The van der Waals surface area contributed by atoms with Gasteiger partial charge in [0.1, 0.15) is 11.8 Å². The standard InChI is InChI=1S/C15H19NO4/c1-10-6-11(2)8-12(7-10)20-9-14(17)16-5-3-4-13(16)15(18)19/h6-8,13H,3-5,9H2,1-2H3,(H,18,19)/t13-/m1/s1. The maximum absolute atomic E-state index is 12.0. The van der Waals surface area contributed by atoms with Gasteiger partial charge in [0.25, 0.3) is 5.91 Å². The highest BCUT2D eigenvalue weighted by atomic mass is 16.5. The van der Waals surface area contributed by atoms with Gasteiger partial charge in [0.2, 0.25) is 0 Å². The Bertz CT molecular complexity index is 506. The van der Waals surface area contributed by atoms with Crippen molar-refractivity contribution in [2.24, 2.45) is 0 Å². The molecule has 1 aromatic carbocycles. The maximum atomic E-state index is 12.0. The third kappa shape index (κ3) is 3.29. The van der Waals surface area contributed by atoms with Gasteiger partial charge in [-0.15, -0.1) is 0 Å². The first-order valence-corrected chi connectivity index (χ1v) is 6.71. The Morgan fingerprint density at radius 3 is 2.55 bits per heavy atom. The number of carbonyl (C=O) groups excluding carboxylic acids is 1. The van der Waals surface area contributed by atoms with Gasteiger partial charge in [0.15, 0.2) is 6.61 Å². The Balaban J connectivity index is 1.96. The van der Waals surface area contributed by atoms with Gasteiger partial charge in [-0.3, -0.25) is 4.79 Å². The Hall–Kier alpha value is -2.04. The first kappa shape index (κ1) is 14.4. The van der Waals surface area contributed by atoms with E-state index in [4.69, 9.17) is 9.84 Å². The second-order valence-electron chi connectivity index (χ2n) is 5.20. The van der Waals surface area contributed by atoms with Crippen molar-refractivity contribution in [1.29, 1.82) is 0 Å². The second kappa shape index (κ2) is 5.94. The number of aryl methyl sites for hydroxylation is 2. The highest BCUT2D eigenvalue weighted by Crippen LogP contribution is 2.19. The van der Waals surface area contributed by atoms with Crippen molar-refractivity contribution in [2.45, 2.75) is 32.7 Å². The zero-order chi connectivity index (χ0) is 14.7. The minimum Gasteiger partial charge on any atom is -0.484 e. The van der Waals surface area contributed by atoms with Gasteiger partial charge in [0.05, 0.1) is 0 Å². The van der Waals surface area contributed by atoms with Crippen LogP contribution in [0.2, 0.25) is 0 Å². The highest BCUT2D eigenvalue weighted by Gasteiger charge is 2.33. The molecule has 0 aromatic heterocycles. The zero-order valence-corrected chi connectivity index (χ0v) is 11.8. The fourth-order valence-electron chi connectivity index (χ4n) is 2.57. The molecule has 0 unspecified atom stereocenters. The summed E-state index contributed by atoms with van der Waals surface area (Å²) < 4.78 is 5.49. The van der Waals surface area contributed by atoms with E-state index in [1.807, 2.05) is 32.0 Å². The largest absolute Gasteiger partial charge is 0.484 e. The van der Waals surface area contributed by atoms with Gasteiger partial charge < -0.3 is 14.7 Å². The van der Waals surface area contributed by atoms with Crippen LogP contribution in [0.5, 0.6) is 5.75 Å². The summed E-state index contributed by atoms with van der Waals surface area (Å²) in [4.78, 5) is 24.5. The smallest absolute Gasteiger partial charge is 0.326 e. The molecule has 1 saturated heterocycles. The van der Waals surface area contributed by atoms with Crippen molar-refractivity contribution in [2.75, 3.05) is 13.2 Å². The number of likely N-dealkylation sites (tertiary alicyclic amines) is 1. The molecule has 1 N–H and O–H groups in total. The fraction of sp³-hybridized carbons (Fsp3) is 0.467. The van der Waals surface area contributed by atoms with E-state index in [-0.39, 0.29) is 12.5 Å². The van der Waals surface area contributed by atoms with E-state index >= 15 is 0 Å². The lowest BCUT2D eigenvalue weighted by atomic mass is 10.1. The monoisotopic (exact) mass is 277 g/mol. The minimum atomic E-state index is -0.942. The molecule has 108 valence electrons. The molecule has 20 heavy (non-hydrogen) atoms. The Kier molecular flexibility index (Phi) is 4.27. The molecule has 0 spiro atoms. The summed E-state index contributed by atoms with van der Waals surface area (Å²) in [6, 6.07) is 5.04.